The van der Waals surface area contributed by atoms with Crippen molar-refractivity contribution in [2.45, 2.75) is 38.6 Å². The third-order valence-corrected chi connectivity index (χ3v) is 6.32. The molecule has 1 fully saturated rings. The number of piperidine rings is 1. The quantitative estimate of drug-likeness (QED) is 0.382. The molecule has 0 radical (unpaired) electrons. The van der Waals surface area contributed by atoms with E-state index in [9.17, 15) is 22.8 Å². The van der Waals surface area contributed by atoms with Crippen LogP contribution in [0.3, 0.4) is 0 Å². The number of furan rings is 1. The van der Waals surface area contributed by atoms with Crippen LogP contribution >= 0.6 is 0 Å². The van der Waals surface area contributed by atoms with Gasteiger partial charge in [0, 0.05) is 49.8 Å². The number of benzene rings is 2. The Morgan fingerprint density at radius 2 is 1.88 bits per heavy atom. The molecule has 2 heterocycles. The lowest BCUT2D eigenvalue weighted by molar-refractivity contribution is -0.178. The molecule has 33 heavy (non-hydrogen) atoms. The number of esters is 1. The highest BCUT2D eigenvalue weighted by molar-refractivity contribution is 6.32. The van der Waals surface area contributed by atoms with E-state index in [2.05, 4.69) is 4.90 Å². The Labute approximate surface area is 189 Å². The summed E-state index contributed by atoms with van der Waals surface area (Å²) in [5.74, 6) is -2.10. The Bertz CT molecular complexity index is 1170. The second-order valence-corrected chi connectivity index (χ2v) is 8.53. The number of rotatable bonds is 5. The van der Waals surface area contributed by atoms with Gasteiger partial charge >= 0.3 is 12.1 Å². The summed E-state index contributed by atoms with van der Waals surface area (Å²) < 4.78 is 51.9. The molecular formula is C25H24F3NO4. The molecular weight excluding hydrogens is 435 g/mol. The van der Waals surface area contributed by atoms with E-state index < -0.39 is 29.1 Å². The molecule has 1 aliphatic heterocycles. The number of likely N-dealkylation sites (tertiary alicyclic amines) is 1. The maximum atomic E-state index is 13.5. The number of Topliss-reactive ketones (excluding diaryl/α,β-unsaturated/α-hetero) is 1. The summed E-state index contributed by atoms with van der Waals surface area (Å²) >= 11 is 0. The van der Waals surface area contributed by atoms with Crippen molar-refractivity contribution in [3.8, 4) is 0 Å². The van der Waals surface area contributed by atoms with Gasteiger partial charge in [-0.05, 0) is 17.7 Å². The first-order chi connectivity index (χ1) is 15.6. The lowest BCUT2D eigenvalue weighted by Crippen LogP contribution is -2.51. The highest BCUT2D eigenvalue weighted by atomic mass is 19.4. The molecule has 0 bridgehead atoms. The molecule has 0 spiro atoms. The number of hydrogen-bond donors (Lipinski definition) is 0. The summed E-state index contributed by atoms with van der Waals surface area (Å²) in [7, 11) is 0. The summed E-state index contributed by atoms with van der Waals surface area (Å²) in [5.41, 5.74) is -0.629. The molecule has 0 N–H and O–H groups in total. The first-order valence-corrected chi connectivity index (χ1v) is 10.7. The van der Waals surface area contributed by atoms with Gasteiger partial charge in [-0.3, -0.25) is 9.69 Å². The summed E-state index contributed by atoms with van der Waals surface area (Å²) in [6.45, 7) is 4.71. The number of halogens is 3. The topological polar surface area (TPSA) is 59.8 Å². The van der Waals surface area contributed by atoms with Crippen LogP contribution in [0.1, 0.15) is 37.0 Å². The van der Waals surface area contributed by atoms with Crippen LogP contribution < -0.4 is 0 Å². The van der Waals surface area contributed by atoms with Gasteiger partial charge in [0.25, 0.3) is 0 Å². The molecule has 0 amide bonds. The Morgan fingerprint density at radius 1 is 1.15 bits per heavy atom. The van der Waals surface area contributed by atoms with Gasteiger partial charge in [0.2, 0.25) is 5.78 Å². The van der Waals surface area contributed by atoms with Crippen molar-refractivity contribution in [3.63, 3.8) is 0 Å². The minimum absolute atomic E-state index is 0.0181. The predicted molar refractivity (Wildman–Crippen MR) is 115 cm³/mol. The van der Waals surface area contributed by atoms with E-state index in [1.165, 1.54) is 18.4 Å². The molecule has 174 valence electrons. The number of carbonyl (C=O) groups excluding carboxylic acids is 2. The minimum Gasteiger partial charge on any atom is -0.464 e. The Hall–Kier alpha value is -3.13. The highest BCUT2D eigenvalue weighted by Gasteiger charge is 2.48. The Kier molecular flexibility index (Phi) is 6.05. The number of alkyl halides is 3. The van der Waals surface area contributed by atoms with E-state index >= 15 is 0 Å². The van der Waals surface area contributed by atoms with Crippen LogP contribution in [0, 0.1) is 5.92 Å². The molecule has 1 aromatic heterocycles. The molecule has 5 nitrogen and oxygen atoms in total. The molecule has 8 heteroatoms. The number of ketones is 1. The van der Waals surface area contributed by atoms with Crippen molar-refractivity contribution in [1.29, 1.82) is 0 Å². The maximum Gasteiger partial charge on any atom is 0.417 e. The molecule has 1 aliphatic rings. The molecule has 0 unspecified atom stereocenters. The molecule has 0 aliphatic carbocycles. The van der Waals surface area contributed by atoms with Crippen LogP contribution in [0.25, 0.3) is 11.0 Å². The van der Waals surface area contributed by atoms with Gasteiger partial charge in [-0.1, -0.05) is 43.3 Å². The molecule has 4 rings (SSSR count). The molecule has 3 aromatic rings. The van der Waals surface area contributed by atoms with Gasteiger partial charge in [-0.15, -0.1) is 0 Å². The summed E-state index contributed by atoms with van der Waals surface area (Å²) in [6.07, 6.45) is -3.06. The largest absolute Gasteiger partial charge is 0.464 e. The fraction of sp³-hybridized carbons (Fsp3) is 0.360. The third-order valence-electron chi connectivity index (χ3n) is 6.32. The number of nitrogens with zero attached hydrogens (tertiary/aromatic N) is 1. The van der Waals surface area contributed by atoms with Crippen molar-refractivity contribution in [3.05, 3.63) is 71.5 Å². The fourth-order valence-corrected chi connectivity index (χ4v) is 4.67. The fourth-order valence-electron chi connectivity index (χ4n) is 4.67. The Morgan fingerprint density at radius 3 is 2.52 bits per heavy atom. The van der Waals surface area contributed by atoms with Crippen LogP contribution in [0.4, 0.5) is 13.2 Å². The molecule has 2 aromatic carbocycles. The van der Waals surface area contributed by atoms with Gasteiger partial charge in [-0.2, -0.15) is 13.2 Å². The molecule has 2 atom stereocenters. The second-order valence-electron chi connectivity index (χ2n) is 8.53. The zero-order chi connectivity index (χ0) is 23.8. The van der Waals surface area contributed by atoms with E-state index in [0.717, 1.165) is 18.6 Å². The zero-order valence-corrected chi connectivity index (χ0v) is 18.3. The van der Waals surface area contributed by atoms with E-state index in [-0.39, 0.29) is 16.9 Å². The predicted octanol–water partition coefficient (Wildman–Crippen LogP) is 5.32. The van der Waals surface area contributed by atoms with E-state index in [1.807, 2.05) is 37.3 Å². The minimum atomic E-state index is -4.56. The van der Waals surface area contributed by atoms with Crippen molar-refractivity contribution < 1.29 is 31.9 Å². The van der Waals surface area contributed by atoms with Crippen molar-refractivity contribution >= 4 is 22.7 Å². The number of carbonyl (C=O) groups is 2. The van der Waals surface area contributed by atoms with Gasteiger partial charge in [0.15, 0.2) is 0 Å². The zero-order valence-electron chi connectivity index (χ0n) is 18.3. The maximum absolute atomic E-state index is 13.5. The molecule has 0 saturated carbocycles. The average Bonchev–Trinajstić information content (AvgIpc) is 3.24. The second kappa shape index (κ2) is 8.67. The third kappa shape index (κ3) is 4.39. The smallest absolute Gasteiger partial charge is 0.417 e. The number of fused-ring (bicyclic) bond motifs is 1. The summed E-state index contributed by atoms with van der Waals surface area (Å²) in [6, 6.07) is 13.4. The highest BCUT2D eigenvalue weighted by Crippen LogP contribution is 2.46. The van der Waals surface area contributed by atoms with Crippen molar-refractivity contribution in [1.82, 2.24) is 4.90 Å². The lowest BCUT2D eigenvalue weighted by Gasteiger charge is -2.46. The van der Waals surface area contributed by atoms with Gasteiger partial charge < -0.3 is 9.15 Å². The normalized spacial score (nSPS) is 21.8. The standard InChI is InChI=1S/C25H24F3NO4/c1-16-14-29(15-18-6-4-3-5-7-18)12-11-24(16,33-23(31)17(2)30)21-9-8-20(25(26,27)28)19-10-13-32-22(19)21/h3-10,13,16H,11-12,14-15H2,1-2H3/t16-,24-/m0/s1. The van der Waals surface area contributed by atoms with E-state index in [4.69, 9.17) is 9.15 Å². The van der Waals surface area contributed by atoms with Crippen LogP contribution in [0.2, 0.25) is 0 Å². The monoisotopic (exact) mass is 459 g/mol. The van der Waals surface area contributed by atoms with Crippen molar-refractivity contribution in [2.75, 3.05) is 13.1 Å². The van der Waals surface area contributed by atoms with Crippen LogP contribution in [0.5, 0.6) is 0 Å². The van der Waals surface area contributed by atoms with Gasteiger partial charge in [0.05, 0.1) is 11.8 Å². The first-order valence-electron chi connectivity index (χ1n) is 10.7. The average molecular weight is 459 g/mol. The Balaban J connectivity index is 1.74. The number of hydrogen-bond acceptors (Lipinski definition) is 5. The van der Waals surface area contributed by atoms with Gasteiger partial charge in [0.1, 0.15) is 11.2 Å². The first kappa shape index (κ1) is 23.0. The van der Waals surface area contributed by atoms with Gasteiger partial charge in [-0.25, -0.2) is 4.79 Å². The van der Waals surface area contributed by atoms with E-state index in [1.54, 1.807) is 0 Å². The number of ether oxygens (including phenoxy) is 1. The molecule has 1 saturated heterocycles. The van der Waals surface area contributed by atoms with Crippen molar-refractivity contribution in [2.24, 2.45) is 5.92 Å². The summed E-state index contributed by atoms with van der Waals surface area (Å²) in [5, 5.41) is -0.0998. The SMILES string of the molecule is CC(=O)C(=O)O[C@@]1(c2ccc(C(F)(F)F)c3ccoc23)CCN(Cc2ccccc2)C[C@@H]1C. The lowest BCUT2D eigenvalue weighted by atomic mass is 9.75. The summed E-state index contributed by atoms with van der Waals surface area (Å²) in [4.78, 5) is 26.4. The van der Waals surface area contributed by atoms with Crippen LogP contribution in [0.15, 0.2) is 59.2 Å². The van der Waals surface area contributed by atoms with Crippen LogP contribution in [-0.4, -0.2) is 29.7 Å². The van der Waals surface area contributed by atoms with Crippen LogP contribution in [-0.2, 0) is 32.6 Å². The van der Waals surface area contributed by atoms with E-state index in [0.29, 0.717) is 31.6 Å².